The van der Waals surface area contributed by atoms with Crippen molar-refractivity contribution in [2.75, 3.05) is 30.8 Å². The molecule has 0 bridgehead atoms. The highest BCUT2D eigenvalue weighted by Gasteiger charge is 2.20. The van der Waals surface area contributed by atoms with Crippen LogP contribution in [0.4, 0.5) is 10.1 Å². The van der Waals surface area contributed by atoms with Crippen molar-refractivity contribution in [2.45, 2.75) is 25.1 Å². The Labute approximate surface area is 113 Å². The molecule has 1 heterocycles. The molecule has 18 heavy (non-hydrogen) atoms. The Morgan fingerprint density at radius 3 is 2.89 bits per heavy atom. The lowest BCUT2D eigenvalue weighted by atomic mass is 10.1. The Morgan fingerprint density at radius 2 is 2.28 bits per heavy atom. The highest BCUT2D eigenvalue weighted by molar-refractivity contribution is 8.00. The quantitative estimate of drug-likeness (QED) is 0.907. The van der Waals surface area contributed by atoms with Gasteiger partial charge >= 0.3 is 0 Å². The number of nitrogens with one attached hydrogen (secondary N) is 1. The molecule has 1 aliphatic rings. The van der Waals surface area contributed by atoms with Crippen LogP contribution in [0.5, 0.6) is 0 Å². The minimum atomic E-state index is -0.103. The van der Waals surface area contributed by atoms with Gasteiger partial charge < -0.3 is 10.2 Å². The molecule has 1 aromatic carbocycles. The Bertz CT molecular complexity index is 411. The number of anilines is 1. The summed E-state index contributed by atoms with van der Waals surface area (Å²) in [5.41, 5.74) is 1.74. The molecule has 4 heteroatoms. The largest absolute Gasteiger partial charge is 0.367 e. The third-order valence-corrected chi connectivity index (χ3v) is 4.62. The summed E-state index contributed by atoms with van der Waals surface area (Å²) < 4.78 is 14.2. The van der Waals surface area contributed by atoms with E-state index in [1.54, 1.807) is 6.07 Å². The first-order valence-corrected chi connectivity index (χ1v) is 7.50. The van der Waals surface area contributed by atoms with Crippen LogP contribution in [0.3, 0.4) is 0 Å². The third-order valence-electron chi connectivity index (χ3n) is 3.49. The number of benzene rings is 1. The summed E-state index contributed by atoms with van der Waals surface area (Å²) in [6, 6.07) is 5.78. The van der Waals surface area contributed by atoms with Gasteiger partial charge in [-0.2, -0.15) is 11.8 Å². The fourth-order valence-corrected chi connectivity index (χ4v) is 3.27. The van der Waals surface area contributed by atoms with Crippen molar-refractivity contribution in [2.24, 2.45) is 0 Å². The van der Waals surface area contributed by atoms with Gasteiger partial charge in [0.15, 0.2) is 0 Å². The van der Waals surface area contributed by atoms with Crippen molar-refractivity contribution in [3.63, 3.8) is 0 Å². The molecule has 0 spiro atoms. The van der Waals surface area contributed by atoms with Gasteiger partial charge in [-0.05, 0) is 31.7 Å². The molecule has 0 radical (unpaired) electrons. The standard InChI is InChI=1S/C14H21FN2S/c1-10-9-17(6-7-18-10)14-5-4-12(8-13(14)15)11(2)16-3/h4-5,8,10-11,16H,6-7,9H2,1-3H3. The first-order chi connectivity index (χ1) is 8.61. The maximum absolute atomic E-state index is 14.2. The number of hydrogen-bond donors (Lipinski definition) is 1. The summed E-state index contributed by atoms with van der Waals surface area (Å²) in [4.78, 5) is 2.16. The van der Waals surface area contributed by atoms with Crippen LogP contribution in [0.25, 0.3) is 0 Å². The van der Waals surface area contributed by atoms with Crippen LogP contribution in [-0.4, -0.2) is 31.1 Å². The van der Waals surface area contributed by atoms with Crippen LogP contribution in [0.15, 0.2) is 18.2 Å². The van der Waals surface area contributed by atoms with Crippen molar-refractivity contribution >= 4 is 17.4 Å². The molecule has 0 aromatic heterocycles. The molecule has 1 saturated heterocycles. The van der Waals surface area contributed by atoms with E-state index in [1.807, 2.05) is 37.9 Å². The molecule has 0 amide bonds. The zero-order chi connectivity index (χ0) is 13.1. The van der Waals surface area contributed by atoms with E-state index in [2.05, 4.69) is 17.1 Å². The van der Waals surface area contributed by atoms with Gasteiger partial charge in [-0.25, -0.2) is 4.39 Å². The molecular weight excluding hydrogens is 247 g/mol. The highest BCUT2D eigenvalue weighted by atomic mass is 32.2. The lowest BCUT2D eigenvalue weighted by Crippen LogP contribution is -2.37. The third kappa shape index (κ3) is 2.98. The average Bonchev–Trinajstić information content (AvgIpc) is 2.37. The molecule has 1 aromatic rings. The van der Waals surface area contributed by atoms with Gasteiger partial charge in [0.25, 0.3) is 0 Å². The Balaban J connectivity index is 2.19. The summed E-state index contributed by atoms with van der Waals surface area (Å²) in [6.07, 6.45) is 0. The number of thioether (sulfide) groups is 1. The van der Waals surface area contributed by atoms with Crippen molar-refractivity contribution in [3.8, 4) is 0 Å². The minimum Gasteiger partial charge on any atom is -0.367 e. The van der Waals surface area contributed by atoms with E-state index >= 15 is 0 Å². The monoisotopic (exact) mass is 268 g/mol. The predicted octanol–water partition coefficient (Wildman–Crippen LogP) is 3.05. The van der Waals surface area contributed by atoms with Crippen LogP contribution >= 0.6 is 11.8 Å². The lowest BCUT2D eigenvalue weighted by molar-refractivity contribution is 0.601. The maximum atomic E-state index is 14.2. The summed E-state index contributed by atoms with van der Waals surface area (Å²) >= 11 is 1.96. The van der Waals surface area contributed by atoms with Crippen LogP contribution in [-0.2, 0) is 0 Å². The molecule has 2 unspecified atom stereocenters. The first kappa shape index (κ1) is 13.7. The number of hydrogen-bond acceptors (Lipinski definition) is 3. The minimum absolute atomic E-state index is 0.103. The lowest BCUT2D eigenvalue weighted by Gasteiger charge is -2.32. The van der Waals surface area contributed by atoms with E-state index in [1.165, 1.54) is 0 Å². The van der Waals surface area contributed by atoms with Gasteiger partial charge in [0.1, 0.15) is 5.82 Å². The molecule has 2 nitrogen and oxygen atoms in total. The van der Waals surface area contributed by atoms with E-state index in [-0.39, 0.29) is 11.9 Å². The SMILES string of the molecule is CNC(C)c1ccc(N2CCSC(C)C2)c(F)c1. The van der Waals surface area contributed by atoms with Gasteiger partial charge in [-0.3, -0.25) is 0 Å². The Kier molecular flexibility index (Phi) is 4.51. The van der Waals surface area contributed by atoms with E-state index in [4.69, 9.17) is 0 Å². The molecule has 1 aliphatic heterocycles. The fraction of sp³-hybridized carbons (Fsp3) is 0.571. The number of nitrogens with zero attached hydrogens (tertiary/aromatic N) is 1. The van der Waals surface area contributed by atoms with E-state index in [9.17, 15) is 4.39 Å². The van der Waals surface area contributed by atoms with Gasteiger partial charge in [0.2, 0.25) is 0 Å². The Hall–Kier alpha value is -0.740. The van der Waals surface area contributed by atoms with E-state index in [0.717, 1.165) is 30.1 Å². The van der Waals surface area contributed by atoms with Crippen LogP contribution in [0.2, 0.25) is 0 Å². The molecule has 2 atom stereocenters. The van der Waals surface area contributed by atoms with Crippen LogP contribution in [0.1, 0.15) is 25.5 Å². The Morgan fingerprint density at radius 1 is 1.50 bits per heavy atom. The highest BCUT2D eigenvalue weighted by Crippen LogP contribution is 2.27. The molecule has 1 N–H and O–H groups in total. The van der Waals surface area contributed by atoms with Crippen molar-refractivity contribution in [3.05, 3.63) is 29.6 Å². The van der Waals surface area contributed by atoms with Gasteiger partial charge in [0, 0.05) is 30.1 Å². The predicted molar refractivity (Wildman–Crippen MR) is 78.0 cm³/mol. The molecular formula is C14H21FN2S. The maximum Gasteiger partial charge on any atom is 0.146 e. The van der Waals surface area contributed by atoms with E-state index in [0.29, 0.717) is 5.25 Å². The average molecular weight is 268 g/mol. The van der Waals surface area contributed by atoms with Crippen molar-refractivity contribution < 1.29 is 4.39 Å². The molecule has 0 saturated carbocycles. The van der Waals surface area contributed by atoms with Gasteiger partial charge in [-0.1, -0.05) is 13.0 Å². The first-order valence-electron chi connectivity index (χ1n) is 6.45. The van der Waals surface area contributed by atoms with E-state index < -0.39 is 0 Å². The van der Waals surface area contributed by atoms with Gasteiger partial charge in [-0.15, -0.1) is 0 Å². The smallest absolute Gasteiger partial charge is 0.146 e. The zero-order valence-electron chi connectivity index (χ0n) is 11.2. The van der Waals surface area contributed by atoms with Crippen LogP contribution in [0, 0.1) is 5.82 Å². The number of rotatable bonds is 3. The van der Waals surface area contributed by atoms with Crippen LogP contribution < -0.4 is 10.2 Å². The number of halogens is 1. The van der Waals surface area contributed by atoms with Gasteiger partial charge in [0.05, 0.1) is 5.69 Å². The normalized spacial score (nSPS) is 22.0. The molecule has 0 aliphatic carbocycles. The summed E-state index contributed by atoms with van der Waals surface area (Å²) in [5, 5.41) is 3.71. The van der Waals surface area contributed by atoms with Crippen molar-refractivity contribution in [1.29, 1.82) is 0 Å². The summed E-state index contributed by atoms with van der Waals surface area (Å²) in [6.45, 7) is 6.11. The summed E-state index contributed by atoms with van der Waals surface area (Å²) in [7, 11) is 1.89. The molecule has 1 fully saturated rings. The fourth-order valence-electron chi connectivity index (χ4n) is 2.25. The topological polar surface area (TPSA) is 15.3 Å². The summed E-state index contributed by atoms with van der Waals surface area (Å²) in [5.74, 6) is 0.976. The second kappa shape index (κ2) is 5.93. The molecule has 100 valence electrons. The second-order valence-corrected chi connectivity index (χ2v) is 6.39. The van der Waals surface area contributed by atoms with Crippen molar-refractivity contribution in [1.82, 2.24) is 5.32 Å². The second-order valence-electron chi connectivity index (χ2n) is 4.85. The zero-order valence-corrected chi connectivity index (χ0v) is 12.1. The molecule has 2 rings (SSSR count).